The van der Waals surface area contributed by atoms with Crippen LogP contribution in [-0.4, -0.2) is 61.3 Å². The van der Waals surface area contributed by atoms with Crippen LogP contribution in [0.2, 0.25) is 0 Å². The molecule has 10 nitrogen and oxygen atoms in total. The van der Waals surface area contributed by atoms with E-state index >= 15 is 0 Å². The van der Waals surface area contributed by atoms with Gasteiger partial charge in [0.2, 0.25) is 16.8 Å². The van der Waals surface area contributed by atoms with E-state index in [4.69, 9.17) is 14.2 Å². The smallest absolute Gasteiger partial charge is 0.271 e. The van der Waals surface area contributed by atoms with E-state index in [1.807, 2.05) is 18.2 Å². The summed E-state index contributed by atoms with van der Waals surface area (Å²) in [6.45, 7) is 1.99. The first-order chi connectivity index (χ1) is 16.0. The van der Waals surface area contributed by atoms with Gasteiger partial charge in [-0.3, -0.25) is 4.79 Å². The van der Waals surface area contributed by atoms with Crippen molar-refractivity contribution in [3.05, 3.63) is 66.2 Å². The van der Waals surface area contributed by atoms with Crippen LogP contribution in [0.1, 0.15) is 16.1 Å². The molecule has 1 N–H and O–H groups in total. The number of sulfonamides is 1. The van der Waals surface area contributed by atoms with Crippen LogP contribution in [0.5, 0.6) is 11.5 Å². The summed E-state index contributed by atoms with van der Waals surface area (Å²) in [7, 11) is -3.56. The van der Waals surface area contributed by atoms with Crippen molar-refractivity contribution in [1.82, 2.24) is 19.2 Å². The predicted octanol–water partition coefficient (Wildman–Crippen LogP) is 1.55. The molecule has 11 heteroatoms. The largest absolute Gasteiger partial charge is 0.454 e. The van der Waals surface area contributed by atoms with Crippen molar-refractivity contribution in [2.24, 2.45) is 0 Å². The Kier molecular flexibility index (Phi) is 5.75. The first-order valence-electron chi connectivity index (χ1n) is 10.4. The van der Waals surface area contributed by atoms with E-state index < -0.39 is 10.0 Å². The minimum atomic E-state index is -3.56. The first-order valence-corrected chi connectivity index (χ1v) is 11.8. The minimum Gasteiger partial charge on any atom is -0.454 e. The second-order valence-corrected chi connectivity index (χ2v) is 9.48. The molecule has 2 aliphatic heterocycles. The highest BCUT2D eigenvalue weighted by atomic mass is 32.2. The lowest BCUT2D eigenvalue weighted by atomic mass is 10.2. The number of imidazole rings is 1. The van der Waals surface area contributed by atoms with E-state index in [0.29, 0.717) is 50.0 Å². The molecule has 0 radical (unpaired) electrons. The van der Waals surface area contributed by atoms with E-state index in [1.165, 1.54) is 10.6 Å². The summed E-state index contributed by atoms with van der Waals surface area (Å²) in [5.41, 5.74) is 1.82. The van der Waals surface area contributed by atoms with E-state index in [9.17, 15) is 13.2 Å². The molecular formula is C22H22N4O6S. The monoisotopic (exact) mass is 470 g/mol. The maximum atomic E-state index is 12.8. The number of carbonyl (C=O) groups is 1. The van der Waals surface area contributed by atoms with Gasteiger partial charge in [-0.05, 0) is 42.0 Å². The third kappa shape index (κ3) is 4.42. The summed E-state index contributed by atoms with van der Waals surface area (Å²) >= 11 is 0. The Labute approximate surface area is 190 Å². The van der Waals surface area contributed by atoms with Crippen molar-refractivity contribution >= 4 is 15.9 Å². The van der Waals surface area contributed by atoms with Crippen LogP contribution in [0.4, 0.5) is 0 Å². The molecule has 2 aliphatic rings. The van der Waals surface area contributed by atoms with E-state index in [0.717, 1.165) is 5.56 Å². The van der Waals surface area contributed by atoms with Crippen LogP contribution >= 0.6 is 0 Å². The Bertz CT molecular complexity index is 1270. The van der Waals surface area contributed by atoms with Crippen LogP contribution in [0.3, 0.4) is 0 Å². The zero-order valence-corrected chi connectivity index (χ0v) is 18.5. The summed E-state index contributed by atoms with van der Waals surface area (Å²) in [4.78, 5) is 16.9. The Morgan fingerprint density at radius 2 is 1.79 bits per heavy atom. The average molecular weight is 471 g/mol. The maximum Gasteiger partial charge on any atom is 0.271 e. The highest BCUT2D eigenvalue weighted by molar-refractivity contribution is 7.89. The first kappa shape index (κ1) is 21.4. The lowest BCUT2D eigenvalue weighted by Gasteiger charge is -2.26. The number of nitrogens with one attached hydrogen (secondary N) is 1. The van der Waals surface area contributed by atoms with Crippen molar-refractivity contribution in [2.45, 2.75) is 11.4 Å². The number of rotatable bonds is 6. The van der Waals surface area contributed by atoms with Crippen LogP contribution in [0.25, 0.3) is 5.69 Å². The van der Waals surface area contributed by atoms with E-state index in [-0.39, 0.29) is 23.3 Å². The SMILES string of the molecule is O=C(NCc1ccc2c(c1)OCO2)c1cn(-c2ccc(S(=O)(=O)N3CCOCC3)cc2)cn1. The second-order valence-electron chi connectivity index (χ2n) is 7.55. The summed E-state index contributed by atoms with van der Waals surface area (Å²) in [6, 6.07) is 12.0. The number of aromatic nitrogens is 2. The molecule has 0 unspecified atom stereocenters. The van der Waals surface area contributed by atoms with Crippen LogP contribution < -0.4 is 14.8 Å². The second kappa shape index (κ2) is 8.85. The fraction of sp³-hybridized carbons (Fsp3) is 0.273. The Balaban J connectivity index is 1.24. The van der Waals surface area contributed by atoms with Gasteiger partial charge < -0.3 is 24.1 Å². The molecule has 0 spiro atoms. The lowest BCUT2D eigenvalue weighted by Crippen LogP contribution is -2.40. The van der Waals surface area contributed by atoms with Crippen molar-refractivity contribution in [3.63, 3.8) is 0 Å². The molecule has 1 saturated heterocycles. The molecule has 5 rings (SSSR count). The van der Waals surface area contributed by atoms with Gasteiger partial charge in [-0.1, -0.05) is 6.07 Å². The Morgan fingerprint density at radius 3 is 2.58 bits per heavy atom. The number of ether oxygens (including phenoxy) is 3. The van der Waals surface area contributed by atoms with Gasteiger partial charge in [-0.15, -0.1) is 0 Å². The number of nitrogens with zero attached hydrogens (tertiary/aromatic N) is 3. The van der Waals surface area contributed by atoms with E-state index in [1.54, 1.807) is 35.0 Å². The summed E-state index contributed by atoms with van der Waals surface area (Å²) in [6.07, 6.45) is 3.11. The van der Waals surface area contributed by atoms with Gasteiger partial charge in [0.25, 0.3) is 5.91 Å². The standard InChI is InChI=1S/C22H22N4O6S/c27-22(23-12-16-1-6-20-21(11-16)32-15-31-20)19-13-25(14-24-19)17-2-4-18(5-3-17)33(28,29)26-7-9-30-10-8-26/h1-6,11,13-14H,7-10,12,15H2,(H,23,27). The van der Waals surface area contributed by atoms with Crippen LogP contribution in [0, 0.1) is 0 Å². The summed E-state index contributed by atoms with van der Waals surface area (Å²) in [5.74, 6) is 1.02. The number of benzene rings is 2. The number of carbonyl (C=O) groups excluding carboxylic acids is 1. The Hall–Kier alpha value is -3.41. The third-order valence-electron chi connectivity index (χ3n) is 5.45. The predicted molar refractivity (Wildman–Crippen MR) is 117 cm³/mol. The molecule has 33 heavy (non-hydrogen) atoms. The van der Waals surface area contributed by atoms with Gasteiger partial charge in [0.1, 0.15) is 12.0 Å². The van der Waals surface area contributed by atoms with E-state index in [2.05, 4.69) is 10.3 Å². The van der Waals surface area contributed by atoms with Crippen LogP contribution in [0.15, 0.2) is 59.9 Å². The molecule has 1 aromatic heterocycles. The number of amides is 1. The number of morpholine rings is 1. The van der Waals surface area contributed by atoms with Gasteiger partial charge in [0.15, 0.2) is 11.5 Å². The molecule has 0 aliphatic carbocycles. The molecule has 0 bridgehead atoms. The molecule has 2 aromatic carbocycles. The molecule has 172 valence electrons. The molecule has 3 aromatic rings. The quantitative estimate of drug-likeness (QED) is 0.582. The minimum absolute atomic E-state index is 0.197. The summed E-state index contributed by atoms with van der Waals surface area (Å²) in [5, 5.41) is 2.83. The molecule has 1 fully saturated rings. The molecule has 0 saturated carbocycles. The van der Waals surface area contributed by atoms with Gasteiger partial charge >= 0.3 is 0 Å². The normalized spacial score (nSPS) is 16.0. The van der Waals surface area contributed by atoms with Crippen molar-refractivity contribution in [3.8, 4) is 17.2 Å². The van der Waals surface area contributed by atoms with Crippen molar-refractivity contribution in [2.75, 3.05) is 33.1 Å². The number of hydrogen-bond acceptors (Lipinski definition) is 7. The summed E-state index contributed by atoms with van der Waals surface area (Å²) < 4.78 is 44.5. The maximum absolute atomic E-state index is 12.8. The third-order valence-corrected chi connectivity index (χ3v) is 7.36. The van der Waals surface area contributed by atoms with Crippen LogP contribution in [-0.2, 0) is 21.3 Å². The van der Waals surface area contributed by atoms with Gasteiger partial charge in [0.05, 0.1) is 18.1 Å². The highest BCUT2D eigenvalue weighted by Crippen LogP contribution is 2.32. The van der Waals surface area contributed by atoms with Crippen molar-refractivity contribution < 1.29 is 27.4 Å². The number of fused-ring (bicyclic) bond motifs is 1. The van der Waals surface area contributed by atoms with Gasteiger partial charge in [-0.2, -0.15) is 4.31 Å². The van der Waals surface area contributed by atoms with Gasteiger partial charge in [0, 0.05) is 31.5 Å². The topological polar surface area (TPSA) is 112 Å². The zero-order chi connectivity index (χ0) is 22.8. The van der Waals surface area contributed by atoms with Gasteiger partial charge in [-0.25, -0.2) is 13.4 Å². The molecule has 1 amide bonds. The Morgan fingerprint density at radius 1 is 1.03 bits per heavy atom. The highest BCUT2D eigenvalue weighted by Gasteiger charge is 2.26. The molecule has 0 atom stereocenters. The molecule has 3 heterocycles. The molecular weight excluding hydrogens is 448 g/mol. The van der Waals surface area contributed by atoms with Crippen molar-refractivity contribution in [1.29, 1.82) is 0 Å². The fourth-order valence-electron chi connectivity index (χ4n) is 3.63. The fourth-order valence-corrected chi connectivity index (χ4v) is 5.04. The zero-order valence-electron chi connectivity index (χ0n) is 17.6. The average Bonchev–Trinajstić information content (AvgIpc) is 3.53. The number of hydrogen-bond donors (Lipinski definition) is 1. The lowest BCUT2D eigenvalue weighted by molar-refractivity contribution is 0.0730.